The van der Waals surface area contributed by atoms with Crippen LogP contribution in [0, 0.1) is 5.92 Å². The molecule has 0 saturated carbocycles. The number of likely N-dealkylation sites (N-methyl/N-ethyl adjacent to an activating group) is 1. The van der Waals surface area contributed by atoms with Gasteiger partial charge in [0.05, 0.1) is 5.92 Å². The van der Waals surface area contributed by atoms with E-state index in [1.165, 1.54) is 24.2 Å². The molecule has 2 saturated heterocycles. The minimum Gasteiger partial charge on any atom is -0.355 e. The van der Waals surface area contributed by atoms with E-state index < -0.39 is 0 Å². The molecule has 2 aliphatic rings. The zero-order chi connectivity index (χ0) is 20.6. The molecule has 0 aromatic carbocycles. The van der Waals surface area contributed by atoms with Gasteiger partial charge in [-0.3, -0.25) is 14.5 Å². The fraction of sp³-hybridized carbons (Fsp3) is 0.800. The highest BCUT2D eigenvalue weighted by atomic mass is 32.1. The Morgan fingerprint density at radius 1 is 1.21 bits per heavy atom. The van der Waals surface area contributed by atoms with E-state index in [1.54, 1.807) is 4.90 Å². The van der Waals surface area contributed by atoms with Gasteiger partial charge in [0.2, 0.25) is 22.1 Å². The number of rotatable bonds is 10. The highest BCUT2D eigenvalue weighted by molar-refractivity contribution is 7.19. The van der Waals surface area contributed by atoms with E-state index in [9.17, 15) is 9.59 Å². The number of piperidine rings is 1. The lowest BCUT2D eigenvalue weighted by molar-refractivity contribution is -0.125. The summed E-state index contributed by atoms with van der Waals surface area (Å²) in [4.78, 5) is 30.9. The maximum absolute atomic E-state index is 12.7. The first kappa shape index (κ1) is 22.0. The Hall–Kier alpha value is -1.74. The molecule has 0 radical (unpaired) electrons. The summed E-state index contributed by atoms with van der Waals surface area (Å²) >= 11 is 1.46. The van der Waals surface area contributed by atoms with Crippen molar-refractivity contribution < 1.29 is 9.59 Å². The lowest BCUT2D eigenvalue weighted by atomic mass is 9.97. The number of nitrogens with one attached hydrogen (secondary N) is 1. The maximum atomic E-state index is 12.7. The zero-order valence-electron chi connectivity index (χ0n) is 17.7. The van der Waals surface area contributed by atoms with Gasteiger partial charge in [-0.15, -0.1) is 10.2 Å². The Bertz CT molecular complexity index is 682. The van der Waals surface area contributed by atoms with Gasteiger partial charge in [0.1, 0.15) is 0 Å². The van der Waals surface area contributed by atoms with Crippen molar-refractivity contribution in [3.63, 3.8) is 0 Å². The molecule has 3 heterocycles. The molecule has 0 aliphatic carbocycles. The van der Waals surface area contributed by atoms with E-state index in [-0.39, 0.29) is 17.7 Å². The summed E-state index contributed by atoms with van der Waals surface area (Å²) in [5.74, 6) is 0.250. The first-order valence-electron chi connectivity index (χ1n) is 11.0. The Kier molecular flexibility index (Phi) is 8.23. The van der Waals surface area contributed by atoms with Gasteiger partial charge in [-0.2, -0.15) is 0 Å². The van der Waals surface area contributed by atoms with Crippen LogP contribution < -0.4 is 15.1 Å². The maximum Gasteiger partial charge on any atom is 0.228 e. The normalized spacial score (nSPS) is 20.0. The summed E-state index contributed by atoms with van der Waals surface area (Å²) in [5.41, 5.74) is 0. The second kappa shape index (κ2) is 10.9. The number of anilines is 2. The van der Waals surface area contributed by atoms with E-state index >= 15 is 0 Å². The van der Waals surface area contributed by atoms with Crippen molar-refractivity contribution in [3.05, 3.63) is 0 Å². The van der Waals surface area contributed by atoms with Crippen LogP contribution in [-0.4, -0.2) is 72.7 Å². The molecule has 29 heavy (non-hydrogen) atoms. The largest absolute Gasteiger partial charge is 0.355 e. The number of aromatic nitrogens is 2. The Balaban J connectivity index is 1.48. The molecular weight excluding hydrogens is 388 g/mol. The van der Waals surface area contributed by atoms with Crippen LogP contribution in [0.2, 0.25) is 0 Å². The lowest BCUT2D eigenvalue weighted by Crippen LogP contribution is -2.44. The predicted molar refractivity (Wildman–Crippen MR) is 116 cm³/mol. The van der Waals surface area contributed by atoms with Crippen LogP contribution in [0.1, 0.15) is 52.4 Å². The Morgan fingerprint density at radius 2 is 2.03 bits per heavy atom. The van der Waals surface area contributed by atoms with Gasteiger partial charge >= 0.3 is 0 Å². The number of amides is 2. The molecule has 0 spiro atoms. The molecule has 1 atom stereocenters. The molecule has 2 fully saturated rings. The SMILES string of the molecule is CCCCN(CC)CCNC(=O)C1CCCN(c2nnc(N3CCCC3=O)s2)C1. The molecule has 1 unspecified atom stereocenters. The zero-order valence-corrected chi connectivity index (χ0v) is 18.5. The van der Waals surface area contributed by atoms with Crippen molar-refractivity contribution in [2.24, 2.45) is 5.92 Å². The van der Waals surface area contributed by atoms with Crippen LogP contribution in [0.5, 0.6) is 0 Å². The van der Waals surface area contributed by atoms with Crippen LogP contribution in [0.15, 0.2) is 0 Å². The monoisotopic (exact) mass is 422 g/mol. The molecule has 1 aromatic heterocycles. The van der Waals surface area contributed by atoms with E-state index in [4.69, 9.17) is 0 Å². The number of carbonyl (C=O) groups is 2. The molecule has 1 aromatic rings. The molecule has 162 valence electrons. The molecule has 2 aliphatic heterocycles. The number of unbranched alkanes of at least 4 members (excludes halogenated alkanes) is 1. The van der Waals surface area contributed by atoms with Gasteiger partial charge in [-0.05, 0) is 38.8 Å². The van der Waals surface area contributed by atoms with Crippen LogP contribution >= 0.6 is 11.3 Å². The summed E-state index contributed by atoms with van der Waals surface area (Å²) in [6.45, 7) is 10.4. The summed E-state index contributed by atoms with van der Waals surface area (Å²) in [5, 5.41) is 13.1. The smallest absolute Gasteiger partial charge is 0.228 e. The molecule has 9 heteroatoms. The lowest BCUT2D eigenvalue weighted by Gasteiger charge is -2.31. The van der Waals surface area contributed by atoms with Crippen LogP contribution in [0.3, 0.4) is 0 Å². The third kappa shape index (κ3) is 5.88. The molecule has 3 rings (SSSR count). The summed E-state index contributed by atoms with van der Waals surface area (Å²) < 4.78 is 0. The minimum atomic E-state index is -0.0183. The Labute approximate surface area is 177 Å². The number of hydrogen-bond donors (Lipinski definition) is 1. The van der Waals surface area contributed by atoms with Crippen molar-refractivity contribution in [1.29, 1.82) is 0 Å². The average Bonchev–Trinajstić information content (AvgIpc) is 3.39. The second-order valence-electron chi connectivity index (χ2n) is 7.88. The fourth-order valence-corrected chi connectivity index (χ4v) is 4.88. The summed E-state index contributed by atoms with van der Waals surface area (Å²) in [7, 11) is 0. The van der Waals surface area contributed by atoms with Crippen molar-refractivity contribution in [3.8, 4) is 0 Å². The third-order valence-electron chi connectivity index (χ3n) is 5.77. The Morgan fingerprint density at radius 3 is 2.76 bits per heavy atom. The molecule has 8 nitrogen and oxygen atoms in total. The van der Waals surface area contributed by atoms with Gasteiger partial charge in [-0.1, -0.05) is 31.6 Å². The number of hydrogen-bond acceptors (Lipinski definition) is 7. The highest BCUT2D eigenvalue weighted by Crippen LogP contribution is 2.32. The first-order chi connectivity index (χ1) is 14.1. The highest BCUT2D eigenvalue weighted by Gasteiger charge is 2.30. The third-order valence-corrected chi connectivity index (χ3v) is 6.78. The predicted octanol–water partition coefficient (Wildman–Crippen LogP) is 2.12. The standard InChI is InChI=1S/C20H34N6O2S/c1-3-5-11-24(4-2)14-10-21-18(28)16-8-6-12-25(15-16)19-22-23-20(29-19)26-13-7-9-17(26)27/h16H,3-15H2,1-2H3,(H,21,28). The van der Waals surface area contributed by atoms with Crippen molar-refractivity contribution in [2.75, 3.05) is 55.6 Å². The van der Waals surface area contributed by atoms with Gasteiger partial charge in [0.15, 0.2) is 0 Å². The van der Waals surface area contributed by atoms with Crippen molar-refractivity contribution in [1.82, 2.24) is 20.4 Å². The van der Waals surface area contributed by atoms with Crippen molar-refractivity contribution >= 4 is 33.4 Å². The minimum absolute atomic E-state index is 0.0183. The second-order valence-corrected chi connectivity index (χ2v) is 8.81. The van der Waals surface area contributed by atoms with Gasteiger partial charge in [0, 0.05) is 39.1 Å². The average molecular weight is 423 g/mol. The molecule has 1 N–H and O–H groups in total. The van der Waals surface area contributed by atoms with Crippen molar-refractivity contribution in [2.45, 2.75) is 52.4 Å². The van der Waals surface area contributed by atoms with Crippen LogP contribution in [0.4, 0.5) is 10.3 Å². The van der Waals surface area contributed by atoms with Gasteiger partial charge < -0.3 is 15.1 Å². The van der Waals surface area contributed by atoms with Crippen LogP contribution in [-0.2, 0) is 9.59 Å². The first-order valence-corrected chi connectivity index (χ1v) is 11.8. The number of nitrogens with zero attached hydrogens (tertiary/aromatic N) is 5. The van der Waals surface area contributed by atoms with E-state index in [0.717, 1.165) is 57.1 Å². The molecule has 2 amide bonds. The van der Waals surface area contributed by atoms with Gasteiger partial charge in [-0.25, -0.2) is 0 Å². The van der Waals surface area contributed by atoms with E-state index in [1.807, 2.05) is 0 Å². The summed E-state index contributed by atoms with van der Waals surface area (Å²) in [6, 6.07) is 0. The molecule has 0 bridgehead atoms. The van der Waals surface area contributed by atoms with Crippen LogP contribution in [0.25, 0.3) is 0 Å². The molecular formula is C20H34N6O2S. The summed E-state index contributed by atoms with van der Waals surface area (Å²) in [6.07, 6.45) is 5.74. The van der Waals surface area contributed by atoms with Gasteiger partial charge in [0.25, 0.3) is 0 Å². The fourth-order valence-electron chi connectivity index (χ4n) is 3.95. The topological polar surface area (TPSA) is 81.7 Å². The number of carbonyl (C=O) groups excluding carboxylic acids is 2. The van der Waals surface area contributed by atoms with E-state index in [2.05, 4.69) is 39.2 Å². The van der Waals surface area contributed by atoms with E-state index in [0.29, 0.717) is 24.6 Å². The quantitative estimate of drug-likeness (QED) is 0.622.